The van der Waals surface area contributed by atoms with E-state index in [1.54, 1.807) is 0 Å². The molecule has 6 heteroatoms. The average molecular weight is 271 g/mol. The van der Waals surface area contributed by atoms with Crippen molar-refractivity contribution >= 4 is 11.6 Å². The molecule has 0 aliphatic rings. The lowest BCUT2D eigenvalue weighted by atomic mass is 10.1. The summed E-state index contributed by atoms with van der Waals surface area (Å²) in [6.45, 7) is 4.03. The summed E-state index contributed by atoms with van der Waals surface area (Å²) in [4.78, 5) is 11.9. The summed E-state index contributed by atoms with van der Waals surface area (Å²) in [6.07, 6.45) is 0. The lowest BCUT2D eigenvalue weighted by Gasteiger charge is -2.19. The van der Waals surface area contributed by atoms with E-state index in [0.29, 0.717) is 12.1 Å². The predicted molar refractivity (Wildman–Crippen MR) is 70.8 cm³/mol. The van der Waals surface area contributed by atoms with Crippen molar-refractivity contribution in [3.63, 3.8) is 0 Å². The largest absolute Gasteiger partial charge is 0.368 e. The molecule has 0 aliphatic carbocycles. The van der Waals surface area contributed by atoms with Crippen LogP contribution in [0.4, 0.5) is 14.5 Å². The smallest absolute Gasteiger partial charge is 0.236 e. The van der Waals surface area contributed by atoms with Crippen LogP contribution in [0.25, 0.3) is 0 Å². The van der Waals surface area contributed by atoms with Crippen molar-refractivity contribution < 1.29 is 13.6 Å². The molecule has 0 spiro atoms. The number of nitrogens with two attached hydrogens (primary N) is 1. The highest BCUT2D eigenvalue weighted by atomic mass is 19.1. The van der Waals surface area contributed by atoms with Crippen molar-refractivity contribution in [3.8, 4) is 0 Å². The Labute approximate surface area is 111 Å². The van der Waals surface area contributed by atoms with Crippen LogP contribution in [0.1, 0.15) is 19.4 Å². The molecule has 1 rings (SSSR count). The maximum absolute atomic E-state index is 13.9. The lowest BCUT2D eigenvalue weighted by Crippen LogP contribution is -2.31. The molecule has 0 saturated carbocycles. The quantitative estimate of drug-likeness (QED) is 0.822. The molecule has 0 heterocycles. The van der Waals surface area contributed by atoms with Crippen molar-refractivity contribution in [2.45, 2.75) is 26.4 Å². The molecule has 1 aromatic carbocycles. The number of primary amides is 1. The van der Waals surface area contributed by atoms with Gasteiger partial charge >= 0.3 is 0 Å². The normalized spacial score (nSPS) is 10.8. The summed E-state index contributed by atoms with van der Waals surface area (Å²) in [6, 6.07) is 2.74. The molecule has 0 bridgehead atoms. The van der Waals surface area contributed by atoms with E-state index >= 15 is 0 Å². The SMILES string of the molecule is CC(C)NCc1cc(F)c(N(C)CC(N)=O)c(F)c1. The zero-order chi connectivity index (χ0) is 14.6. The Kier molecular flexibility index (Phi) is 5.23. The molecule has 0 aromatic heterocycles. The topological polar surface area (TPSA) is 58.4 Å². The number of anilines is 1. The van der Waals surface area contributed by atoms with Gasteiger partial charge in [-0.15, -0.1) is 0 Å². The van der Waals surface area contributed by atoms with Gasteiger partial charge in [0, 0.05) is 19.6 Å². The van der Waals surface area contributed by atoms with Crippen LogP contribution in [0.3, 0.4) is 0 Å². The molecule has 0 atom stereocenters. The number of hydrogen-bond donors (Lipinski definition) is 2. The van der Waals surface area contributed by atoms with Crippen molar-refractivity contribution in [2.75, 3.05) is 18.5 Å². The minimum Gasteiger partial charge on any atom is -0.368 e. The standard InChI is InChI=1S/C13H19F2N3O/c1-8(2)17-6-9-4-10(14)13(11(15)5-9)18(3)7-12(16)19/h4-5,8,17H,6-7H2,1-3H3,(H2,16,19). The molecule has 1 amide bonds. The van der Waals surface area contributed by atoms with Gasteiger partial charge < -0.3 is 16.0 Å². The van der Waals surface area contributed by atoms with Crippen molar-refractivity contribution in [3.05, 3.63) is 29.3 Å². The first-order valence-electron chi connectivity index (χ1n) is 6.02. The number of benzene rings is 1. The molecule has 19 heavy (non-hydrogen) atoms. The van der Waals surface area contributed by atoms with Gasteiger partial charge in [0.15, 0.2) is 0 Å². The fourth-order valence-electron chi connectivity index (χ4n) is 1.72. The van der Waals surface area contributed by atoms with Crippen LogP contribution in [-0.2, 0) is 11.3 Å². The van der Waals surface area contributed by atoms with Crippen LogP contribution in [0.2, 0.25) is 0 Å². The summed E-state index contributed by atoms with van der Waals surface area (Å²) in [5.74, 6) is -2.06. The highest BCUT2D eigenvalue weighted by Gasteiger charge is 2.16. The van der Waals surface area contributed by atoms with Gasteiger partial charge in [-0.1, -0.05) is 13.8 Å². The van der Waals surface area contributed by atoms with Gasteiger partial charge in [-0.05, 0) is 17.7 Å². The maximum Gasteiger partial charge on any atom is 0.236 e. The molecule has 0 aliphatic heterocycles. The Bertz CT molecular complexity index is 440. The van der Waals surface area contributed by atoms with E-state index in [4.69, 9.17) is 5.73 Å². The number of carbonyl (C=O) groups is 1. The monoisotopic (exact) mass is 271 g/mol. The van der Waals surface area contributed by atoms with Gasteiger partial charge in [0.1, 0.15) is 17.3 Å². The van der Waals surface area contributed by atoms with Gasteiger partial charge in [-0.25, -0.2) is 8.78 Å². The zero-order valence-electron chi connectivity index (χ0n) is 11.3. The van der Waals surface area contributed by atoms with Gasteiger partial charge in [-0.3, -0.25) is 4.79 Å². The number of nitrogens with one attached hydrogen (secondary N) is 1. The van der Waals surface area contributed by atoms with E-state index in [-0.39, 0.29) is 18.3 Å². The van der Waals surface area contributed by atoms with E-state index in [2.05, 4.69) is 5.32 Å². The summed E-state index contributed by atoms with van der Waals surface area (Å²) in [7, 11) is 1.41. The second kappa shape index (κ2) is 6.47. The third kappa shape index (κ3) is 4.48. The molecular formula is C13H19F2N3O. The number of hydrogen-bond acceptors (Lipinski definition) is 3. The third-order valence-electron chi connectivity index (χ3n) is 2.57. The molecule has 4 nitrogen and oxygen atoms in total. The molecular weight excluding hydrogens is 252 g/mol. The lowest BCUT2D eigenvalue weighted by molar-refractivity contribution is -0.116. The fourth-order valence-corrected chi connectivity index (χ4v) is 1.72. The highest BCUT2D eigenvalue weighted by molar-refractivity contribution is 5.79. The summed E-state index contributed by atoms with van der Waals surface area (Å²) < 4.78 is 27.7. The molecule has 0 unspecified atom stereocenters. The van der Waals surface area contributed by atoms with Gasteiger partial charge in [0.25, 0.3) is 0 Å². The number of amides is 1. The molecule has 106 valence electrons. The molecule has 0 fully saturated rings. The molecule has 0 radical (unpaired) electrons. The maximum atomic E-state index is 13.9. The van der Waals surface area contributed by atoms with E-state index in [1.165, 1.54) is 19.2 Å². The van der Waals surface area contributed by atoms with Crippen molar-refractivity contribution in [1.82, 2.24) is 5.32 Å². The van der Waals surface area contributed by atoms with Gasteiger partial charge in [0.2, 0.25) is 5.91 Å². The number of carbonyl (C=O) groups excluding carboxylic acids is 1. The van der Waals surface area contributed by atoms with Crippen LogP contribution in [-0.4, -0.2) is 25.5 Å². The minimum absolute atomic E-state index is 0.225. The molecule has 0 saturated heterocycles. The Morgan fingerprint density at radius 3 is 2.32 bits per heavy atom. The summed E-state index contributed by atoms with van der Waals surface area (Å²) in [5, 5.41) is 3.08. The fraction of sp³-hybridized carbons (Fsp3) is 0.462. The Morgan fingerprint density at radius 1 is 1.37 bits per heavy atom. The summed E-state index contributed by atoms with van der Waals surface area (Å²) >= 11 is 0. The zero-order valence-corrected chi connectivity index (χ0v) is 11.3. The molecule has 3 N–H and O–H groups in total. The Hall–Kier alpha value is -1.69. The van der Waals surface area contributed by atoms with Gasteiger partial charge in [0.05, 0.1) is 6.54 Å². The second-order valence-corrected chi connectivity index (χ2v) is 4.77. The van der Waals surface area contributed by atoms with Crippen molar-refractivity contribution in [2.24, 2.45) is 5.73 Å². The second-order valence-electron chi connectivity index (χ2n) is 4.77. The van der Waals surface area contributed by atoms with Crippen LogP contribution in [0, 0.1) is 11.6 Å². The van der Waals surface area contributed by atoms with E-state index in [1.807, 2.05) is 13.8 Å². The van der Waals surface area contributed by atoms with Crippen LogP contribution < -0.4 is 16.0 Å². The first kappa shape index (κ1) is 15.4. The Morgan fingerprint density at radius 2 is 1.89 bits per heavy atom. The first-order chi connectivity index (χ1) is 8.81. The number of halogens is 2. The van der Waals surface area contributed by atoms with E-state index < -0.39 is 17.5 Å². The number of likely N-dealkylation sites (N-methyl/N-ethyl adjacent to an activating group) is 1. The summed E-state index contributed by atoms with van der Waals surface area (Å²) in [5.41, 5.74) is 5.28. The van der Waals surface area contributed by atoms with Gasteiger partial charge in [-0.2, -0.15) is 0 Å². The van der Waals surface area contributed by atoms with E-state index in [0.717, 1.165) is 4.90 Å². The first-order valence-corrected chi connectivity index (χ1v) is 6.02. The van der Waals surface area contributed by atoms with Crippen molar-refractivity contribution in [1.29, 1.82) is 0 Å². The van der Waals surface area contributed by atoms with Crippen LogP contribution in [0.15, 0.2) is 12.1 Å². The average Bonchev–Trinajstić information content (AvgIpc) is 2.24. The predicted octanol–water partition coefficient (Wildman–Crippen LogP) is 1.38. The number of rotatable bonds is 6. The van der Waals surface area contributed by atoms with Crippen LogP contribution >= 0.6 is 0 Å². The highest BCUT2D eigenvalue weighted by Crippen LogP contribution is 2.24. The third-order valence-corrected chi connectivity index (χ3v) is 2.57. The molecule has 1 aromatic rings. The minimum atomic E-state index is -0.704. The van der Waals surface area contributed by atoms with E-state index in [9.17, 15) is 13.6 Å². The Balaban J connectivity index is 2.93. The van der Waals surface area contributed by atoms with Crippen LogP contribution in [0.5, 0.6) is 0 Å². The number of nitrogens with zero attached hydrogens (tertiary/aromatic N) is 1.